The SMILES string of the molecule is [2H]C([2H])(c1ccccc1)c1ccc2c(-c3nc4ccccc4n3-c3c(-c4ccccc4)cc(C)cc3-c3ccccc3)[c-]sc2c1.[Ir].[c-]1ccccc1-c1ccccn1. The minimum absolute atomic E-state index is 0. The van der Waals surface area contributed by atoms with E-state index in [1.54, 1.807) is 6.20 Å². The van der Waals surface area contributed by atoms with Crippen LogP contribution >= 0.6 is 11.3 Å². The zero-order chi connectivity index (χ0) is 39.5. The van der Waals surface area contributed by atoms with Crippen molar-refractivity contribution in [3.8, 4) is 50.6 Å². The molecule has 0 aliphatic heterocycles. The zero-order valence-electron chi connectivity index (χ0n) is 33.1. The summed E-state index contributed by atoms with van der Waals surface area (Å²) in [7, 11) is 0. The number of pyridine rings is 1. The Morgan fingerprint density at radius 2 is 1.30 bits per heavy atom. The molecule has 7 aromatic carbocycles. The van der Waals surface area contributed by atoms with E-state index in [1.807, 2.05) is 97.1 Å². The van der Waals surface area contributed by atoms with Crippen LogP contribution in [0.3, 0.4) is 0 Å². The molecule has 3 aromatic heterocycles. The van der Waals surface area contributed by atoms with Crippen LogP contribution in [-0.4, -0.2) is 14.5 Å². The van der Waals surface area contributed by atoms with Gasteiger partial charge in [-0.1, -0.05) is 149 Å². The summed E-state index contributed by atoms with van der Waals surface area (Å²) in [5.74, 6) is 0.810. The van der Waals surface area contributed by atoms with Gasteiger partial charge in [-0.25, -0.2) is 0 Å². The van der Waals surface area contributed by atoms with Crippen molar-refractivity contribution in [2.45, 2.75) is 13.3 Å². The van der Waals surface area contributed by atoms with Crippen LogP contribution in [0.5, 0.6) is 0 Å². The number of aryl methyl sites for hydroxylation is 1. The minimum atomic E-state index is -1.62. The molecule has 0 bridgehead atoms. The number of imidazole rings is 1. The molecule has 0 aliphatic carbocycles. The molecule has 277 valence electrons. The number of hydrogen-bond acceptors (Lipinski definition) is 3. The second kappa shape index (κ2) is 17.3. The third-order valence-corrected chi connectivity index (χ3v) is 10.5. The van der Waals surface area contributed by atoms with Gasteiger partial charge in [-0.2, -0.15) is 0 Å². The van der Waals surface area contributed by atoms with E-state index in [4.69, 9.17) is 7.73 Å². The summed E-state index contributed by atoms with van der Waals surface area (Å²) in [5.41, 5.74) is 12.9. The smallest absolute Gasteiger partial charge is 0.0774 e. The summed E-state index contributed by atoms with van der Waals surface area (Å²) in [6.07, 6.45) is 0.167. The molecule has 10 rings (SSSR count). The van der Waals surface area contributed by atoms with Crippen molar-refractivity contribution in [3.05, 3.63) is 222 Å². The van der Waals surface area contributed by atoms with E-state index in [0.717, 1.165) is 71.7 Å². The minimum Gasteiger partial charge on any atom is -0.332 e. The number of nitrogens with zero attached hydrogens (tertiary/aromatic N) is 3. The Morgan fingerprint density at radius 1 is 0.649 bits per heavy atom. The van der Waals surface area contributed by atoms with Gasteiger partial charge in [-0.05, 0) is 71.6 Å². The third-order valence-electron chi connectivity index (χ3n) is 9.66. The predicted octanol–water partition coefficient (Wildman–Crippen LogP) is 13.5. The molecule has 0 saturated carbocycles. The van der Waals surface area contributed by atoms with Crippen LogP contribution in [0.15, 0.2) is 194 Å². The second-order valence-electron chi connectivity index (χ2n) is 13.5. The number of para-hydroxylation sites is 2. The fourth-order valence-electron chi connectivity index (χ4n) is 7.10. The first-order chi connectivity index (χ1) is 28.5. The van der Waals surface area contributed by atoms with Gasteiger partial charge in [-0.15, -0.1) is 47.3 Å². The molecule has 57 heavy (non-hydrogen) atoms. The summed E-state index contributed by atoms with van der Waals surface area (Å²) < 4.78 is 21.2. The van der Waals surface area contributed by atoms with Crippen LogP contribution in [0.2, 0.25) is 0 Å². The van der Waals surface area contributed by atoms with Gasteiger partial charge in [-0.3, -0.25) is 16.3 Å². The largest absolute Gasteiger partial charge is 0.332 e. The Labute approximate surface area is 354 Å². The van der Waals surface area contributed by atoms with Crippen LogP contribution in [0.4, 0.5) is 0 Å². The van der Waals surface area contributed by atoms with Gasteiger partial charge < -0.3 is 9.55 Å². The molecule has 0 unspecified atom stereocenters. The van der Waals surface area contributed by atoms with Gasteiger partial charge in [0.25, 0.3) is 0 Å². The van der Waals surface area contributed by atoms with Crippen molar-refractivity contribution < 1.29 is 22.8 Å². The fraction of sp³-hybridized carbons (Fsp3) is 0.0385. The zero-order valence-corrected chi connectivity index (χ0v) is 34.3. The maximum atomic E-state index is 8.95. The first-order valence-electron chi connectivity index (χ1n) is 19.6. The molecule has 10 aromatic rings. The van der Waals surface area contributed by atoms with E-state index in [-0.39, 0.29) is 20.1 Å². The van der Waals surface area contributed by atoms with Crippen molar-refractivity contribution >= 4 is 32.5 Å². The molecule has 5 heteroatoms. The second-order valence-corrected chi connectivity index (χ2v) is 14.3. The van der Waals surface area contributed by atoms with Crippen molar-refractivity contribution in [1.29, 1.82) is 0 Å². The molecule has 3 nitrogen and oxygen atoms in total. The maximum absolute atomic E-state index is 8.95. The van der Waals surface area contributed by atoms with Crippen LogP contribution in [0.25, 0.3) is 71.7 Å². The Balaban J connectivity index is 0.000000319. The molecule has 0 amide bonds. The summed E-state index contributed by atoms with van der Waals surface area (Å²) >= 11 is 1.51. The average Bonchev–Trinajstić information content (AvgIpc) is 3.89. The average molecular weight is 930 g/mol. The van der Waals surface area contributed by atoms with Crippen LogP contribution in [0, 0.1) is 18.4 Å². The van der Waals surface area contributed by atoms with E-state index in [2.05, 4.69) is 119 Å². The summed E-state index contributed by atoms with van der Waals surface area (Å²) in [6.45, 7) is 2.15. The molecule has 0 N–H and O–H groups in total. The first kappa shape index (κ1) is 35.2. The van der Waals surface area contributed by atoms with Crippen LogP contribution in [0.1, 0.15) is 19.4 Å². The summed E-state index contributed by atoms with van der Waals surface area (Å²) in [4.78, 5) is 9.47. The Hall–Kier alpha value is -6.23. The summed E-state index contributed by atoms with van der Waals surface area (Å²) in [6, 6.07) is 66.0. The molecular formula is C52H37IrN3S-2. The van der Waals surface area contributed by atoms with E-state index >= 15 is 0 Å². The molecule has 0 fully saturated rings. The van der Waals surface area contributed by atoms with Gasteiger partial charge in [0, 0.05) is 40.2 Å². The van der Waals surface area contributed by atoms with E-state index < -0.39 is 6.37 Å². The van der Waals surface area contributed by atoms with Gasteiger partial charge in [0.2, 0.25) is 0 Å². The third kappa shape index (κ3) is 8.05. The first-order valence-corrected chi connectivity index (χ1v) is 19.4. The number of hydrogen-bond donors (Lipinski definition) is 0. The molecule has 1 radical (unpaired) electrons. The maximum Gasteiger partial charge on any atom is 0.0774 e. The Morgan fingerprint density at radius 3 is 1.96 bits per heavy atom. The molecule has 0 spiro atoms. The monoisotopic (exact) mass is 930 g/mol. The molecule has 3 heterocycles. The topological polar surface area (TPSA) is 30.7 Å². The quantitative estimate of drug-likeness (QED) is 0.149. The van der Waals surface area contributed by atoms with E-state index in [9.17, 15) is 0 Å². The van der Waals surface area contributed by atoms with Crippen LogP contribution < -0.4 is 0 Å². The normalized spacial score (nSPS) is 11.6. The predicted molar refractivity (Wildman–Crippen MR) is 234 cm³/mol. The Kier molecular flexibility index (Phi) is 10.7. The number of benzene rings is 7. The fourth-order valence-corrected chi connectivity index (χ4v) is 7.98. The van der Waals surface area contributed by atoms with Crippen molar-refractivity contribution in [1.82, 2.24) is 14.5 Å². The van der Waals surface area contributed by atoms with Gasteiger partial charge in [0.15, 0.2) is 0 Å². The number of fused-ring (bicyclic) bond motifs is 2. The number of rotatable bonds is 7. The molecule has 0 saturated heterocycles. The van der Waals surface area contributed by atoms with Gasteiger partial charge >= 0.3 is 0 Å². The van der Waals surface area contributed by atoms with Crippen molar-refractivity contribution in [3.63, 3.8) is 0 Å². The van der Waals surface area contributed by atoms with E-state index in [0.29, 0.717) is 11.1 Å². The van der Waals surface area contributed by atoms with Crippen molar-refractivity contribution in [2.75, 3.05) is 0 Å². The molecule has 0 atom stereocenters. The van der Waals surface area contributed by atoms with Gasteiger partial charge in [0.05, 0.1) is 22.5 Å². The van der Waals surface area contributed by atoms with E-state index in [1.165, 1.54) is 16.9 Å². The number of thiophene rings is 1. The number of aromatic nitrogens is 3. The molecule has 0 aliphatic rings. The molecular weight excluding hydrogens is 891 g/mol. The summed E-state index contributed by atoms with van der Waals surface area (Å²) in [5, 5.41) is 4.59. The van der Waals surface area contributed by atoms with Gasteiger partial charge in [0.1, 0.15) is 0 Å². The Bertz CT molecular complexity index is 2870. The van der Waals surface area contributed by atoms with Crippen LogP contribution in [-0.2, 0) is 26.5 Å². The standard InChI is InChI=1S/C41H29N2S.C11H8N.Ir/c1-28-23-34(31-15-7-3-8-16-31)40(35(24-28)32-17-9-4-10-18-32)43-38-20-12-11-19-37(38)42-41(43)36-27-44-39-26-30(21-22-33(36)39)25-29-13-5-2-6-14-29;1-2-6-10(7-3-1)11-8-4-5-9-12-11;/h2-24,26H,25H2,1H3;1-6,8-9H;/q2*-1;/i25D2;;. The van der Waals surface area contributed by atoms with Crippen molar-refractivity contribution in [2.24, 2.45) is 0 Å².